The smallest absolute Gasteiger partial charge is 0.129 e. The maximum absolute atomic E-state index is 4.22. The third-order valence-corrected chi connectivity index (χ3v) is 3.70. The normalized spacial score (nSPS) is 10.5. The highest BCUT2D eigenvalue weighted by Crippen LogP contribution is 2.18. The standard InChI is InChI=1S/C13H17N3S/c1-3-10-5-6-17-12(10)8-14-13-7-11(4-2)15-9-16-13/h5-7,9H,3-4,8H2,1-2H3,(H,14,15,16). The Bertz CT molecular complexity index is 479. The number of nitrogens with zero attached hydrogens (tertiary/aromatic N) is 2. The molecule has 0 bridgehead atoms. The van der Waals surface area contributed by atoms with E-state index in [2.05, 4.69) is 40.6 Å². The molecule has 0 saturated heterocycles. The van der Waals surface area contributed by atoms with Crippen LogP contribution < -0.4 is 5.32 Å². The van der Waals surface area contributed by atoms with Crippen LogP contribution in [0.4, 0.5) is 5.82 Å². The zero-order valence-electron chi connectivity index (χ0n) is 10.2. The van der Waals surface area contributed by atoms with Gasteiger partial charge in [-0.25, -0.2) is 9.97 Å². The van der Waals surface area contributed by atoms with Crippen LogP contribution >= 0.6 is 11.3 Å². The molecule has 0 amide bonds. The van der Waals surface area contributed by atoms with Gasteiger partial charge in [0.1, 0.15) is 12.1 Å². The summed E-state index contributed by atoms with van der Waals surface area (Å²) in [7, 11) is 0. The van der Waals surface area contributed by atoms with Gasteiger partial charge in [0.15, 0.2) is 0 Å². The van der Waals surface area contributed by atoms with Crippen LogP contribution in [0.1, 0.15) is 30.0 Å². The first-order valence-corrected chi connectivity index (χ1v) is 6.81. The van der Waals surface area contributed by atoms with Gasteiger partial charge >= 0.3 is 0 Å². The van der Waals surface area contributed by atoms with Crippen LogP contribution in [-0.2, 0) is 19.4 Å². The maximum Gasteiger partial charge on any atom is 0.129 e. The van der Waals surface area contributed by atoms with Gasteiger partial charge in [0, 0.05) is 16.6 Å². The first-order chi connectivity index (χ1) is 8.33. The summed E-state index contributed by atoms with van der Waals surface area (Å²) in [6, 6.07) is 4.21. The van der Waals surface area contributed by atoms with Crippen molar-refractivity contribution in [1.82, 2.24) is 9.97 Å². The largest absolute Gasteiger partial charge is 0.365 e. The number of thiophene rings is 1. The summed E-state index contributed by atoms with van der Waals surface area (Å²) in [5, 5.41) is 5.50. The molecule has 2 rings (SSSR count). The van der Waals surface area contributed by atoms with E-state index in [0.717, 1.165) is 30.9 Å². The van der Waals surface area contributed by atoms with Crippen LogP contribution in [0.3, 0.4) is 0 Å². The topological polar surface area (TPSA) is 37.8 Å². The molecule has 0 aliphatic heterocycles. The van der Waals surface area contributed by atoms with Gasteiger partial charge in [0.2, 0.25) is 0 Å². The van der Waals surface area contributed by atoms with E-state index in [1.165, 1.54) is 10.4 Å². The number of aryl methyl sites for hydroxylation is 2. The lowest BCUT2D eigenvalue weighted by Crippen LogP contribution is -2.02. The molecule has 0 saturated carbocycles. The molecule has 17 heavy (non-hydrogen) atoms. The number of hydrogen-bond acceptors (Lipinski definition) is 4. The van der Waals surface area contributed by atoms with Crippen LogP contribution in [0.25, 0.3) is 0 Å². The second-order valence-corrected chi connectivity index (χ2v) is 4.82. The molecule has 0 unspecified atom stereocenters. The first-order valence-electron chi connectivity index (χ1n) is 5.93. The number of aromatic nitrogens is 2. The van der Waals surface area contributed by atoms with Crippen LogP contribution in [0.5, 0.6) is 0 Å². The predicted octanol–water partition coefficient (Wildman–Crippen LogP) is 3.28. The minimum atomic E-state index is 0.848. The summed E-state index contributed by atoms with van der Waals surface area (Å²) in [6.07, 6.45) is 3.65. The lowest BCUT2D eigenvalue weighted by atomic mass is 10.2. The molecule has 4 heteroatoms. The van der Waals surface area contributed by atoms with Crippen LogP contribution in [0.2, 0.25) is 0 Å². The fourth-order valence-electron chi connectivity index (χ4n) is 1.70. The lowest BCUT2D eigenvalue weighted by molar-refractivity contribution is 0.985. The molecule has 2 aromatic heterocycles. The number of rotatable bonds is 5. The molecule has 0 fully saturated rings. The van der Waals surface area contributed by atoms with Gasteiger partial charge in [0.25, 0.3) is 0 Å². The molecule has 1 N–H and O–H groups in total. The van der Waals surface area contributed by atoms with E-state index in [0.29, 0.717) is 0 Å². The summed E-state index contributed by atoms with van der Waals surface area (Å²) in [5.74, 6) is 0.910. The van der Waals surface area contributed by atoms with Crippen molar-refractivity contribution in [2.75, 3.05) is 5.32 Å². The molecule has 0 aromatic carbocycles. The third-order valence-electron chi connectivity index (χ3n) is 2.73. The van der Waals surface area contributed by atoms with E-state index < -0.39 is 0 Å². The SMILES string of the molecule is CCc1cc(NCc2sccc2CC)ncn1. The average Bonchev–Trinajstić information content (AvgIpc) is 2.84. The zero-order valence-corrected chi connectivity index (χ0v) is 11.0. The molecule has 0 aliphatic rings. The number of anilines is 1. The second kappa shape index (κ2) is 5.77. The summed E-state index contributed by atoms with van der Waals surface area (Å²) < 4.78 is 0. The highest BCUT2D eigenvalue weighted by molar-refractivity contribution is 7.10. The van der Waals surface area contributed by atoms with Crippen molar-refractivity contribution >= 4 is 17.2 Å². The van der Waals surface area contributed by atoms with Crippen LogP contribution in [0.15, 0.2) is 23.8 Å². The fraction of sp³-hybridized carbons (Fsp3) is 0.385. The Balaban J connectivity index is 2.02. The van der Waals surface area contributed by atoms with E-state index in [4.69, 9.17) is 0 Å². The van der Waals surface area contributed by atoms with Crippen LogP contribution in [-0.4, -0.2) is 9.97 Å². The van der Waals surface area contributed by atoms with Gasteiger partial charge in [-0.05, 0) is 29.9 Å². The van der Waals surface area contributed by atoms with Crippen molar-refractivity contribution in [2.24, 2.45) is 0 Å². The Labute approximate surface area is 106 Å². The predicted molar refractivity (Wildman–Crippen MR) is 72.4 cm³/mol. The van der Waals surface area contributed by atoms with Gasteiger partial charge in [-0.15, -0.1) is 11.3 Å². The Hall–Kier alpha value is -1.42. The second-order valence-electron chi connectivity index (χ2n) is 3.82. The van der Waals surface area contributed by atoms with E-state index in [9.17, 15) is 0 Å². The molecule has 0 spiro atoms. The molecule has 2 heterocycles. The number of nitrogens with one attached hydrogen (secondary N) is 1. The first kappa shape index (κ1) is 12.0. The Morgan fingerprint density at radius 2 is 2.12 bits per heavy atom. The Morgan fingerprint density at radius 3 is 2.88 bits per heavy atom. The number of hydrogen-bond donors (Lipinski definition) is 1. The van der Waals surface area contributed by atoms with Gasteiger partial charge in [-0.3, -0.25) is 0 Å². The van der Waals surface area contributed by atoms with E-state index in [1.807, 2.05) is 6.07 Å². The van der Waals surface area contributed by atoms with Crippen molar-refractivity contribution in [3.05, 3.63) is 40.0 Å². The van der Waals surface area contributed by atoms with Gasteiger partial charge < -0.3 is 5.32 Å². The fourth-order valence-corrected chi connectivity index (χ4v) is 2.61. The average molecular weight is 247 g/mol. The van der Waals surface area contributed by atoms with Crippen molar-refractivity contribution in [3.8, 4) is 0 Å². The van der Waals surface area contributed by atoms with Crippen LogP contribution in [0, 0.1) is 0 Å². The molecular weight excluding hydrogens is 230 g/mol. The summed E-state index contributed by atoms with van der Waals surface area (Å²) in [5.41, 5.74) is 2.50. The van der Waals surface area contributed by atoms with E-state index >= 15 is 0 Å². The van der Waals surface area contributed by atoms with Gasteiger partial charge in [-0.2, -0.15) is 0 Å². The van der Waals surface area contributed by atoms with Crippen molar-refractivity contribution in [2.45, 2.75) is 33.2 Å². The molecule has 0 radical (unpaired) electrons. The van der Waals surface area contributed by atoms with E-state index in [1.54, 1.807) is 17.7 Å². The lowest BCUT2D eigenvalue weighted by Gasteiger charge is -2.06. The van der Waals surface area contributed by atoms with Crippen molar-refractivity contribution < 1.29 is 0 Å². The quantitative estimate of drug-likeness (QED) is 0.881. The maximum atomic E-state index is 4.22. The molecule has 3 nitrogen and oxygen atoms in total. The molecule has 2 aromatic rings. The van der Waals surface area contributed by atoms with Gasteiger partial charge in [-0.1, -0.05) is 13.8 Å². The summed E-state index contributed by atoms with van der Waals surface area (Å²) in [6.45, 7) is 5.13. The summed E-state index contributed by atoms with van der Waals surface area (Å²) in [4.78, 5) is 9.81. The third kappa shape index (κ3) is 3.03. The van der Waals surface area contributed by atoms with E-state index in [-0.39, 0.29) is 0 Å². The minimum Gasteiger partial charge on any atom is -0.365 e. The monoisotopic (exact) mass is 247 g/mol. The molecule has 0 aliphatic carbocycles. The Kier molecular flexibility index (Phi) is 4.09. The highest BCUT2D eigenvalue weighted by Gasteiger charge is 2.03. The van der Waals surface area contributed by atoms with Crippen molar-refractivity contribution in [3.63, 3.8) is 0 Å². The summed E-state index contributed by atoms with van der Waals surface area (Å²) >= 11 is 1.80. The zero-order chi connectivity index (χ0) is 12.1. The molecular formula is C13H17N3S. The van der Waals surface area contributed by atoms with Crippen molar-refractivity contribution in [1.29, 1.82) is 0 Å². The Morgan fingerprint density at radius 1 is 1.24 bits per heavy atom. The highest BCUT2D eigenvalue weighted by atomic mass is 32.1. The minimum absolute atomic E-state index is 0.848. The van der Waals surface area contributed by atoms with Gasteiger partial charge in [0.05, 0.1) is 6.54 Å². The molecule has 0 atom stereocenters. The molecule has 90 valence electrons.